The molecular weight excluding hydrogens is 274 g/mol. The molecular formula is C15H14BrN. The van der Waals surface area contributed by atoms with Crippen molar-refractivity contribution in [3.63, 3.8) is 0 Å². The monoisotopic (exact) mass is 287 g/mol. The van der Waals surface area contributed by atoms with Crippen molar-refractivity contribution in [2.24, 2.45) is 5.73 Å². The van der Waals surface area contributed by atoms with E-state index in [2.05, 4.69) is 64.5 Å². The fraction of sp³-hybridized carbons (Fsp3) is 0.200. The summed E-state index contributed by atoms with van der Waals surface area (Å²) in [7, 11) is 0. The van der Waals surface area contributed by atoms with Crippen LogP contribution in [0.3, 0.4) is 0 Å². The lowest BCUT2D eigenvalue weighted by Crippen LogP contribution is -2.28. The van der Waals surface area contributed by atoms with Crippen LogP contribution in [0.5, 0.6) is 0 Å². The lowest BCUT2D eigenvalue weighted by atomic mass is 9.72. The fourth-order valence-electron chi connectivity index (χ4n) is 2.54. The van der Waals surface area contributed by atoms with Crippen LogP contribution in [0.2, 0.25) is 0 Å². The van der Waals surface area contributed by atoms with Crippen LogP contribution in [-0.4, -0.2) is 0 Å². The molecule has 1 aliphatic carbocycles. The molecule has 0 spiro atoms. The molecule has 0 aromatic heterocycles. The Hall–Kier alpha value is -1.12. The van der Waals surface area contributed by atoms with Crippen molar-refractivity contribution in [3.8, 4) is 0 Å². The van der Waals surface area contributed by atoms with Crippen molar-refractivity contribution in [1.82, 2.24) is 0 Å². The lowest BCUT2D eigenvalue weighted by Gasteiger charge is -2.34. The van der Waals surface area contributed by atoms with Crippen LogP contribution in [0.1, 0.15) is 28.7 Å². The maximum Gasteiger partial charge on any atom is 0.0367 e. The second kappa shape index (κ2) is 4.28. The Kier molecular flexibility index (Phi) is 2.77. The highest BCUT2D eigenvalue weighted by molar-refractivity contribution is 9.10. The molecule has 0 fully saturated rings. The predicted octanol–water partition coefficient (Wildman–Crippen LogP) is 3.79. The molecule has 0 saturated heterocycles. The highest BCUT2D eigenvalue weighted by Crippen LogP contribution is 2.42. The highest BCUT2D eigenvalue weighted by atomic mass is 79.9. The zero-order chi connectivity index (χ0) is 11.8. The van der Waals surface area contributed by atoms with E-state index in [1.165, 1.54) is 16.7 Å². The van der Waals surface area contributed by atoms with Crippen LogP contribution in [0.4, 0.5) is 0 Å². The normalized spacial score (nSPS) is 19.3. The van der Waals surface area contributed by atoms with Crippen LogP contribution < -0.4 is 5.73 Å². The van der Waals surface area contributed by atoms with E-state index in [9.17, 15) is 0 Å². The van der Waals surface area contributed by atoms with Crippen LogP contribution in [0, 0.1) is 0 Å². The fourth-order valence-corrected chi connectivity index (χ4v) is 2.80. The van der Waals surface area contributed by atoms with E-state index >= 15 is 0 Å². The molecule has 2 atom stereocenters. The quantitative estimate of drug-likeness (QED) is 0.894. The van der Waals surface area contributed by atoms with Crippen molar-refractivity contribution < 1.29 is 0 Å². The first-order valence-electron chi connectivity index (χ1n) is 5.84. The number of hydrogen-bond acceptors (Lipinski definition) is 1. The van der Waals surface area contributed by atoms with Gasteiger partial charge in [-0.05, 0) is 35.2 Å². The summed E-state index contributed by atoms with van der Waals surface area (Å²) in [5.41, 5.74) is 10.4. The molecule has 2 aromatic rings. The van der Waals surface area contributed by atoms with Gasteiger partial charge >= 0.3 is 0 Å². The molecule has 86 valence electrons. The molecule has 1 aliphatic rings. The van der Waals surface area contributed by atoms with Gasteiger partial charge in [-0.1, -0.05) is 52.3 Å². The predicted molar refractivity (Wildman–Crippen MR) is 74.0 cm³/mol. The number of fused-ring (bicyclic) bond motifs is 1. The summed E-state index contributed by atoms with van der Waals surface area (Å²) >= 11 is 3.45. The third-order valence-electron chi connectivity index (χ3n) is 3.58. The van der Waals surface area contributed by atoms with Gasteiger partial charge in [-0.2, -0.15) is 0 Å². The molecule has 2 aromatic carbocycles. The van der Waals surface area contributed by atoms with Gasteiger partial charge in [0.05, 0.1) is 0 Å². The van der Waals surface area contributed by atoms with Crippen LogP contribution in [0.25, 0.3) is 0 Å². The van der Waals surface area contributed by atoms with Gasteiger partial charge in [-0.3, -0.25) is 0 Å². The van der Waals surface area contributed by atoms with Crippen LogP contribution in [0.15, 0.2) is 53.0 Å². The van der Waals surface area contributed by atoms with Gasteiger partial charge in [0.15, 0.2) is 0 Å². The molecule has 0 bridgehead atoms. The lowest BCUT2D eigenvalue weighted by molar-refractivity contribution is 0.500. The zero-order valence-corrected chi connectivity index (χ0v) is 11.0. The summed E-state index contributed by atoms with van der Waals surface area (Å²) in [6, 6.07) is 17.0. The van der Waals surface area contributed by atoms with Crippen molar-refractivity contribution in [3.05, 3.63) is 69.7 Å². The standard InChI is InChI=1S/C15H14BrN/c16-12-7-5-10(6-8-12)15(17)14-9-11-3-1-2-4-13(11)14/h1-8,14-15H,9,17H2. The molecule has 0 saturated carbocycles. The van der Waals surface area contributed by atoms with Gasteiger partial charge < -0.3 is 5.73 Å². The molecule has 0 heterocycles. The van der Waals surface area contributed by atoms with Crippen molar-refractivity contribution in [2.45, 2.75) is 18.4 Å². The smallest absolute Gasteiger partial charge is 0.0367 e. The van der Waals surface area contributed by atoms with Crippen LogP contribution >= 0.6 is 15.9 Å². The summed E-state index contributed by atoms with van der Waals surface area (Å²) < 4.78 is 1.10. The van der Waals surface area contributed by atoms with E-state index in [0.717, 1.165) is 10.9 Å². The average molecular weight is 288 g/mol. The van der Waals surface area contributed by atoms with E-state index in [1.807, 2.05) is 0 Å². The van der Waals surface area contributed by atoms with Crippen molar-refractivity contribution >= 4 is 15.9 Å². The molecule has 2 unspecified atom stereocenters. The third-order valence-corrected chi connectivity index (χ3v) is 4.11. The minimum atomic E-state index is 0.109. The van der Waals surface area contributed by atoms with Gasteiger partial charge in [0.25, 0.3) is 0 Å². The Morgan fingerprint density at radius 3 is 2.47 bits per heavy atom. The van der Waals surface area contributed by atoms with Crippen LogP contribution in [-0.2, 0) is 6.42 Å². The molecule has 2 heteroatoms. The average Bonchev–Trinajstić information content (AvgIpc) is 2.31. The Balaban J connectivity index is 1.86. The van der Waals surface area contributed by atoms with Gasteiger partial charge in [0, 0.05) is 16.4 Å². The molecule has 0 radical (unpaired) electrons. The maximum absolute atomic E-state index is 6.35. The van der Waals surface area contributed by atoms with E-state index in [4.69, 9.17) is 5.73 Å². The Morgan fingerprint density at radius 1 is 1.06 bits per heavy atom. The Labute approximate surface area is 110 Å². The molecule has 0 aliphatic heterocycles. The summed E-state index contributed by atoms with van der Waals surface area (Å²) in [5.74, 6) is 0.479. The molecule has 0 amide bonds. The minimum Gasteiger partial charge on any atom is -0.323 e. The second-order valence-corrected chi connectivity index (χ2v) is 5.50. The number of rotatable bonds is 2. The number of halogens is 1. The van der Waals surface area contributed by atoms with Gasteiger partial charge in [0.2, 0.25) is 0 Å². The number of benzene rings is 2. The van der Waals surface area contributed by atoms with Crippen molar-refractivity contribution in [2.75, 3.05) is 0 Å². The summed E-state index contributed by atoms with van der Waals surface area (Å²) in [6.07, 6.45) is 1.10. The van der Waals surface area contributed by atoms with Crippen molar-refractivity contribution in [1.29, 1.82) is 0 Å². The van der Waals surface area contributed by atoms with E-state index < -0.39 is 0 Å². The maximum atomic E-state index is 6.35. The summed E-state index contributed by atoms with van der Waals surface area (Å²) in [6.45, 7) is 0. The topological polar surface area (TPSA) is 26.0 Å². The molecule has 3 rings (SSSR count). The summed E-state index contributed by atoms with van der Waals surface area (Å²) in [4.78, 5) is 0. The minimum absolute atomic E-state index is 0.109. The highest BCUT2D eigenvalue weighted by Gasteiger charge is 2.31. The Morgan fingerprint density at radius 2 is 1.76 bits per heavy atom. The number of hydrogen-bond donors (Lipinski definition) is 1. The first-order valence-corrected chi connectivity index (χ1v) is 6.64. The molecule has 1 nitrogen and oxygen atoms in total. The SMILES string of the molecule is NC(c1ccc(Br)cc1)C1Cc2ccccc21. The molecule has 2 N–H and O–H groups in total. The van der Waals surface area contributed by atoms with Gasteiger partial charge in [0.1, 0.15) is 0 Å². The second-order valence-electron chi connectivity index (χ2n) is 4.59. The number of nitrogens with two attached hydrogens (primary N) is 1. The van der Waals surface area contributed by atoms with Gasteiger partial charge in [-0.15, -0.1) is 0 Å². The van der Waals surface area contributed by atoms with E-state index in [0.29, 0.717) is 5.92 Å². The van der Waals surface area contributed by atoms with E-state index in [-0.39, 0.29) is 6.04 Å². The zero-order valence-electron chi connectivity index (χ0n) is 9.44. The Bertz CT molecular complexity index is 533. The largest absolute Gasteiger partial charge is 0.323 e. The molecule has 17 heavy (non-hydrogen) atoms. The third kappa shape index (κ3) is 1.92. The first kappa shape index (κ1) is 11.0. The first-order chi connectivity index (χ1) is 8.25. The van der Waals surface area contributed by atoms with E-state index in [1.54, 1.807) is 0 Å². The van der Waals surface area contributed by atoms with Gasteiger partial charge in [-0.25, -0.2) is 0 Å². The summed E-state index contributed by atoms with van der Waals surface area (Å²) in [5, 5.41) is 0.